The topological polar surface area (TPSA) is 92.9 Å². The lowest BCUT2D eigenvalue weighted by Crippen LogP contribution is -2.33. The predicted molar refractivity (Wildman–Crippen MR) is 58.1 cm³/mol. The normalized spacial score (nSPS) is 11.1. The number of urea groups is 1. The van der Waals surface area contributed by atoms with E-state index < -0.39 is 23.2 Å². The molecule has 0 bridgehead atoms. The van der Waals surface area contributed by atoms with Crippen LogP contribution in [0.5, 0.6) is 0 Å². The molecule has 0 unspecified atom stereocenters. The first-order chi connectivity index (χ1) is 8.29. The Morgan fingerprint density at radius 2 is 2.06 bits per heavy atom. The molecule has 0 saturated carbocycles. The number of carbonyl (C=O) groups excluding carboxylic acids is 1. The minimum Gasteiger partial charge on any atom is -0.368 e. The summed E-state index contributed by atoms with van der Waals surface area (Å²) in [6.45, 7) is 0.284. The summed E-state index contributed by atoms with van der Waals surface area (Å²) >= 11 is 5.37. The standard InChI is InChI=1S/C8H9ClF3N5O/c9-6-16-4(8(10,11)12)3-5(17-6)14-1-2-15-7(13)18/h3H,1-2H2,(H3,13,15,18)(H,14,16,17). The van der Waals surface area contributed by atoms with Crippen molar-refractivity contribution in [2.45, 2.75) is 6.18 Å². The molecule has 0 aromatic carbocycles. The first-order valence-electron chi connectivity index (χ1n) is 4.68. The van der Waals surface area contributed by atoms with Gasteiger partial charge in [0.2, 0.25) is 5.28 Å². The Morgan fingerprint density at radius 1 is 1.39 bits per heavy atom. The number of halogens is 4. The van der Waals surface area contributed by atoms with Crippen LogP contribution in [0.15, 0.2) is 6.07 Å². The van der Waals surface area contributed by atoms with Gasteiger partial charge in [0.1, 0.15) is 5.82 Å². The lowest BCUT2D eigenvalue weighted by atomic mass is 10.4. The highest BCUT2D eigenvalue weighted by molar-refractivity contribution is 6.28. The van der Waals surface area contributed by atoms with Crippen molar-refractivity contribution < 1.29 is 18.0 Å². The van der Waals surface area contributed by atoms with E-state index in [0.717, 1.165) is 6.07 Å². The maximum absolute atomic E-state index is 12.4. The van der Waals surface area contributed by atoms with Crippen LogP contribution in [0, 0.1) is 0 Å². The average Bonchev–Trinajstić information content (AvgIpc) is 2.22. The van der Waals surface area contributed by atoms with E-state index in [-0.39, 0.29) is 18.9 Å². The highest BCUT2D eigenvalue weighted by Gasteiger charge is 2.33. The number of carbonyl (C=O) groups is 1. The van der Waals surface area contributed by atoms with Crippen molar-refractivity contribution in [2.75, 3.05) is 18.4 Å². The molecule has 18 heavy (non-hydrogen) atoms. The zero-order valence-corrected chi connectivity index (χ0v) is 9.64. The number of hydrogen-bond donors (Lipinski definition) is 3. The number of aromatic nitrogens is 2. The van der Waals surface area contributed by atoms with Crippen molar-refractivity contribution in [1.82, 2.24) is 15.3 Å². The van der Waals surface area contributed by atoms with Gasteiger partial charge in [-0.1, -0.05) is 0 Å². The van der Waals surface area contributed by atoms with Gasteiger partial charge in [0, 0.05) is 19.2 Å². The van der Waals surface area contributed by atoms with Crippen molar-refractivity contribution >= 4 is 23.4 Å². The number of anilines is 1. The zero-order chi connectivity index (χ0) is 13.8. The summed E-state index contributed by atoms with van der Waals surface area (Å²) in [5.74, 6) is -0.0893. The molecule has 0 fully saturated rings. The van der Waals surface area contributed by atoms with Crippen molar-refractivity contribution in [3.63, 3.8) is 0 Å². The molecule has 0 aliphatic carbocycles. The molecule has 100 valence electrons. The molecule has 0 atom stereocenters. The maximum Gasteiger partial charge on any atom is 0.433 e. The predicted octanol–water partition coefficient (Wildman–Crippen LogP) is 1.23. The Morgan fingerprint density at radius 3 is 2.61 bits per heavy atom. The van der Waals surface area contributed by atoms with E-state index in [4.69, 9.17) is 17.3 Å². The molecule has 1 heterocycles. The second-order valence-corrected chi connectivity index (χ2v) is 3.46. The second kappa shape index (κ2) is 5.71. The summed E-state index contributed by atoms with van der Waals surface area (Å²) < 4.78 is 37.2. The minimum atomic E-state index is -4.60. The van der Waals surface area contributed by atoms with Crippen molar-refractivity contribution in [2.24, 2.45) is 5.73 Å². The SMILES string of the molecule is NC(=O)NCCNc1cc(C(F)(F)F)nc(Cl)n1. The van der Waals surface area contributed by atoms with E-state index in [1.165, 1.54) is 0 Å². The van der Waals surface area contributed by atoms with Crippen LogP contribution in [0.25, 0.3) is 0 Å². The largest absolute Gasteiger partial charge is 0.433 e. The van der Waals surface area contributed by atoms with Crippen LogP contribution in [0.4, 0.5) is 23.8 Å². The minimum absolute atomic E-state index is 0.0893. The van der Waals surface area contributed by atoms with Gasteiger partial charge in [-0.2, -0.15) is 13.2 Å². The zero-order valence-electron chi connectivity index (χ0n) is 8.88. The Bertz CT molecular complexity index is 439. The number of rotatable bonds is 4. The van der Waals surface area contributed by atoms with Crippen LogP contribution in [0.2, 0.25) is 5.28 Å². The first-order valence-corrected chi connectivity index (χ1v) is 5.06. The molecular formula is C8H9ClF3N5O. The lowest BCUT2D eigenvalue weighted by molar-refractivity contribution is -0.141. The fraction of sp³-hybridized carbons (Fsp3) is 0.375. The van der Waals surface area contributed by atoms with Gasteiger partial charge in [-0.3, -0.25) is 0 Å². The van der Waals surface area contributed by atoms with E-state index >= 15 is 0 Å². The summed E-state index contributed by atoms with van der Waals surface area (Å²) in [4.78, 5) is 17.0. The molecule has 0 aliphatic heterocycles. The Labute approximate surface area is 105 Å². The van der Waals surface area contributed by atoms with E-state index in [1.807, 2.05) is 0 Å². The second-order valence-electron chi connectivity index (χ2n) is 3.12. The lowest BCUT2D eigenvalue weighted by Gasteiger charge is -2.09. The number of hydrogen-bond acceptors (Lipinski definition) is 4. The van der Waals surface area contributed by atoms with Crippen LogP contribution in [0.3, 0.4) is 0 Å². The number of nitrogens with two attached hydrogens (primary N) is 1. The van der Waals surface area contributed by atoms with E-state index in [1.54, 1.807) is 0 Å². The summed E-state index contributed by atoms with van der Waals surface area (Å²) in [6, 6.07) is -0.00984. The van der Waals surface area contributed by atoms with Crippen molar-refractivity contribution in [3.05, 3.63) is 17.0 Å². The van der Waals surface area contributed by atoms with E-state index in [0.29, 0.717) is 0 Å². The van der Waals surface area contributed by atoms with Gasteiger partial charge in [0.05, 0.1) is 0 Å². The molecule has 0 saturated heterocycles. The number of nitrogens with zero attached hydrogens (tertiary/aromatic N) is 2. The fourth-order valence-corrected chi connectivity index (χ4v) is 1.21. The van der Waals surface area contributed by atoms with E-state index in [9.17, 15) is 18.0 Å². The molecule has 2 amide bonds. The molecule has 0 aliphatic rings. The van der Waals surface area contributed by atoms with Crippen LogP contribution in [-0.4, -0.2) is 29.1 Å². The highest BCUT2D eigenvalue weighted by Crippen LogP contribution is 2.29. The molecule has 1 aromatic heterocycles. The monoisotopic (exact) mass is 283 g/mol. The molecule has 1 rings (SSSR count). The van der Waals surface area contributed by atoms with Gasteiger partial charge < -0.3 is 16.4 Å². The third-order valence-electron chi connectivity index (χ3n) is 1.72. The molecular weight excluding hydrogens is 275 g/mol. The molecule has 0 radical (unpaired) electrons. The molecule has 10 heteroatoms. The molecule has 6 nitrogen and oxygen atoms in total. The highest BCUT2D eigenvalue weighted by atomic mass is 35.5. The molecule has 4 N–H and O–H groups in total. The van der Waals surface area contributed by atoms with Crippen LogP contribution in [-0.2, 0) is 6.18 Å². The van der Waals surface area contributed by atoms with Gasteiger partial charge >= 0.3 is 12.2 Å². The third kappa shape index (κ3) is 4.62. The number of amides is 2. The Hall–Kier alpha value is -1.77. The van der Waals surface area contributed by atoms with Crippen LogP contribution >= 0.6 is 11.6 Å². The smallest absolute Gasteiger partial charge is 0.368 e. The molecule has 1 aromatic rings. The van der Waals surface area contributed by atoms with Crippen molar-refractivity contribution in [1.29, 1.82) is 0 Å². The Kier molecular flexibility index (Phi) is 4.54. The van der Waals surface area contributed by atoms with Gasteiger partial charge in [-0.15, -0.1) is 0 Å². The van der Waals surface area contributed by atoms with E-state index in [2.05, 4.69) is 20.6 Å². The van der Waals surface area contributed by atoms with Crippen molar-refractivity contribution in [3.8, 4) is 0 Å². The number of nitrogens with one attached hydrogen (secondary N) is 2. The van der Waals surface area contributed by atoms with Gasteiger partial charge in [-0.05, 0) is 11.6 Å². The molecule has 0 spiro atoms. The summed E-state index contributed by atoms with van der Waals surface area (Å²) in [5, 5.41) is 4.28. The van der Waals surface area contributed by atoms with Crippen LogP contribution in [0.1, 0.15) is 5.69 Å². The average molecular weight is 284 g/mol. The third-order valence-corrected chi connectivity index (χ3v) is 1.89. The Balaban J connectivity index is 2.66. The maximum atomic E-state index is 12.4. The fourth-order valence-electron chi connectivity index (χ4n) is 1.03. The number of alkyl halides is 3. The first kappa shape index (κ1) is 14.3. The summed E-state index contributed by atoms with van der Waals surface area (Å²) in [7, 11) is 0. The number of primary amides is 1. The van der Waals surface area contributed by atoms with Crippen LogP contribution < -0.4 is 16.4 Å². The quantitative estimate of drug-likeness (QED) is 0.572. The van der Waals surface area contributed by atoms with Gasteiger partial charge in [-0.25, -0.2) is 14.8 Å². The van der Waals surface area contributed by atoms with Gasteiger partial charge in [0.15, 0.2) is 5.69 Å². The summed E-state index contributed by atoms with van der Waals surface area (Å²) in [6.07, 6.45) is -4.60. The van der Waals surface area contributed by atoms with Gasteiger partial charge in [0.25, 0.3) is 0 Å². The summed E-state index contributed by atoms with van der Waals surface area (Å²) in [5.41, 5.74) is 3.66.